The Morgan fingerprint density at radius 3 is 2.85 bits per heavy atom. The first-order valence-corrected chi connectivity index (χ1v) is 11.7. The maximum atomic E-state index is 12.4. The molecule has 12 nitrogen and oxygen atoms in total. The predicted octanol–water partition coefficient (Wildman–Crippen LogP) is 0.861. The van der Waals surface area contributed by atoms with Crippen LogP contribution in [-0.2, 0) is 9.59 Å². The van der Waals surface area contributed by atoms with Crippen molar-refractivity contribution in [1.29, 1.82) is 0 Å². The Morgan fingerprint density at radius 2 is 2.12 bits per heavy atom. The zero-order valence-corrected chi connectivity index (χ0v) is 18.6. The van der Waals surface area contributed by atoms with Crippen LogP contribution in [0, 0.1) is 11.8 Å². The van der Waals surface area contributed by atoms with Crippen LogP contribution in [0.2, 0.25) is 0 Å². The first-order valence-electron chi connectivity index (χ1n) is 11.7. The summed E-state index contributed by atoms with van der Waals surface area (Å²) in [6.07, 6.45) is 6.62. The lowest BCUT2D eigenvalue weighted by atomic mass is 9.91. The largest absolute Gasteiger partial charge is 0.480 e. The number of amides is 3. The van der Waals surface area contributed by atoms with E-state index in [1.54, 1.807) is 6.20 Å². The number of aliphatic carboxylic acids is 1. The summed E-state index contributed by atoms with van der Waals surface area (Å²) in [7, 11) is 0. The van der Waals surface area contributed by atoms with Gasteiger partial charge in [0.15, 0.2) is 11.3 Å². The maximum Gasteiger partial charge on any atom is 0.322 e. The molecule has 6 rings (SSSR count). The highest BCUT2D eigenvalue weighted by molar-refractivity contribution is 6.04. The Labute approximate surface area is 194 Å². The quantitative estimate of drug-likeness (QED) is 0.403. The number of urea groups is 1. The van der Waals surface area contributed by atoms with Crippen molar-refractivity contribution in [3.8, 4) is 0 Å². The van der Waals surface area contributed by atoms with E-state index in [-0.39, 0.29) is 12.0 Å². The average molecular weight is 467 g/mol. The number of hydrogen-bond donors (Lipinski definition) is 4. The molecule has 12 heteroatoms. The first kappa shape index (κ1) is 21.0. The van der Waals surface area contributed by atoms with E-state index in [0.717, 1.165) is 36.3 Å². The second kappa shape index (κ2) is 7.76. The van der Waals surface area contributed by atoms with Gasteiger partial charge in [-0.25, -0.2) is 9.78 Å². The summed E-state index contributed by atoms with van der Waals surface area (Å²) in [5.74, 6) is -0.557. The number of carboxylic acids is 1. The maximum absolute atomic E-state index is 12.4. The van der Waals surface area contributed by atoms with Crippen molar-refractivity contribution in [2.24, 2.45) is 11.8 Å². The Balaban J connectivity index is 1.31. The standard InChI is InChI=1S/C22H26N8O4/c1-2-10-7-11(29-6-4-12(17(29)21(32)33)16-20(31)26-22(34)25-16)8-13(10)19-28-27-15-9-24-18-14(30(15)19)3-5-23-18/h3,5,9-13,16-17,23H,2,4,6-8H2,1H3,(H,32,33)(H2,25,26,31,34)/t10-,11+,12?,13+,16?,17+/m1/s1. The summed E-state index contributed by atoms with van der Waals surface area (Å²) < 4.78 is 2.05. The fourth-order valence-corrected chi connectivity index (χ4v) is 6.43. The second-order valence-corrected chi connectivity index (χ2v) is 9.54. The van der Waals surface area contributed by atoms with Crippen molar-refractivity contribution in [3.63, 3.8) is 0 Å². The van der Waals surface area contributed by atoms with Crippen LogP contribution in [0.1, 0.15) is 44.3 Å². The molecule has 178 valence electrons. The molecule has 2 unspecified atom stereocenters. The van der Waals surface area contributed by atoms with Crippen LogP contribution in [0.15, 0.2) is 18.5 Å². The van der Waals surface area contributed by atoms with E-state index >= 15 is 0 Å². The normalized spacial score (nSPS) is 32.0. The Morgan fingerprint density at radius 1 is 1.26 bits per heavy atom. The van der Waals surface area contributed by atoms with E-state index in [0.29, 0.717) is 24.5 Å². The van der Waals surface area contributed by atoms with E-state index in [9.17, 15) is 19.5 Å². The number of imide groups is 1. The van der Waals surface area contributed by atoms with Gasteiger partial charge >= 0.3 is 12.0 Å². The summed E-state index contributed by atoms with van der Waals surface area (Å²) in [5, 5.41) is 23.8. The van der Waals surface area contributed by atoms with Gasteiger partial charge in [0.1, 0.15) is 17.9 Å². The second-order valence-electron chi connectivity index (χ2n) is 9.54. The molecule has 2 aliphatic heterocycles. The van der Waals surface area contributed by atoms with Crippen molar-refractivity contribution in [1.82, 2.24) is 40.1 Å². The number of carbonyl (C=O) groups excluding carboxylic acids is 2. The van der Waals surface area contributed by atoms with E-state index in [1.807, 2.05) is 21.6 Å². The van der Waals surface area contributed by atoms with Crippen LogP contribution >= 0.6 is 0 Å². The molecule has 1 aliphatic carbocycles. The van der Waals surface area contributed by atoms with Crippen LogP contribution < -0.4 is 10.6 Å². The van der Waals surface area contributed by atoms with Gasteiger partial charge in [-0.1, -0.05) is 13.3 Å². The number of likely N-dealkylation sites (tertiary alicyclic amines) is 1. The van der Waals surface area contributed by atoms with Crippen molar-refractivity contribution in [2.45, 2.75) is 56.7 Å². The molecule has 0 radical (unpaired) electrons. The number of carbonyl (C=O) groups is 3. The fraction of sp³-hybridized carbons (Fsp3) is 0.545. The lowest BCUT2D eigenvalue weighted by molar-refractivity contribution is -0.145. The summed E-state index contributed by atoms with van der Waals surface area (Å²) in [6, 6.07) is -0.202. The van der Waals surface area contributed by atoms with Gasteiger partial charge < -0.3 is 15.4 Å². The van der Waals surface area contributed by atoms with Gasteiger partial charge in [-0.15, -0.1) is 10.2 Å². The summed E-state index contributed by atoms with van der Waals surface area (Å²) in [4.78, 5) is 45.8. The molecule has 0 aromatic carbocycles. The Bertz CT molecular complexity index is 1300. The van der Waals surface area contributed by atoms with Gasteiger partial charge in [0, 0.05) is 24.1 Å². The highest BCUT2D eigenvalue weighted by Crippen LogP contribution is 2.46. The number of H-pyrrole nitrogens is 1. The van der Waals surface area contributed by atoms with Gasteiger partial charge in [0.05, 0.1) is 11.7 Å². The third-order valence-corrected chi connectivity index (χ3v) is 7.93. The van der Waals surface area contributed by atoms with Gasteiger partial charge in [0.2, 0.25) is 0 Å². The molecule has 3 aliphatic rings. The third-order valence-electron chi connectivity index (χ3n) is 7.93. The summed E-state index contributed by atoms with van der Waals surface area (Å²) in [6.45, 7) is 2.72. The van der Waals surface area contributed by atoms with Crippen molar-refractivity contribution >= 4 is 34.7 Å². The van der Waals surface area contributed by atoms with E-state index in [1.165, 1.54) is 0 Å². The minimum atomic E-state index is -0.957. The first-order chi connectivity index (χ1) is 16.5. The minimum absolute atomic E-state index is 0.0390. The molecule has 3 amide bonds. The number of hydrogen-bond acceptors (Lipinski definition) is 7. The molecule has 4 N–H and O–H groups in total. The predicted molar refractivity (Wildman–Crippen MR) is 119 cm³/mol. The van der Waals surface area contributed by atoms with Gasteiger partial charge in [-0.3, -0.25) is 24.2 Å². The molecule has 0 spiro atoms. The summed E-state index contributed by atoms with van der Waals surface area (Å²) >= 11 is 0. The molecule has 0 bridgehead atoms. The Kier molecular flexibility index (Phi) is 4.80. The zero-order valence-electron chi connectivity index (χ0n) is 18.6. The minimum Gasteiger partial charge on any atom is -0.480 e. The molecular weight excluding hydrogens is 440 g/mol. The number of carboxylic acid groups (broad SMARTS) is 1. The number of aromatic amines is 1. The highest BCUT2D eigenvalue weighted by atomic mass is 16.4. The molecule has 3 aromatic rings. The highest BCUT2D eigenvalue weighted by Gasteiger charge is 2.52. The topological polar surface area (TPSA) is 158 Å². The lowest BCUT2D eigenvalue weighted by Crippen LogP contribution is -2.50. The number of rotatable bonds is 5. The van der Waals surface area contributed by atoms with Crippen LogP contribution in [-0.4, -0.2) is 77.2 Å². The van der Waals surface area contributed by atoms with E-state index < -0.39 is 35.9 Å². The summed E-state index contributed by atoms with van der Waals surface area (Å²) in [5.41, 5.74) is 2.37. The molecule has 5 heterocycles. The smallest absolute Gasteiger partial charge is 0.322 e. The van der Waals surface area contributed by atoms with Gasteiger partial charge in [-0.05, 0) is 37.8 Å². The van der Waals surface area contributed by atoms with Crippen LogP contribution in [0.5, 0.6) is 0 Å². The number of fused-ring (bicyclic) bond motifs is 3. The van der Waals surface area contributed by atoms with E-state index in [2.05, 4.69) is 37.7 Å². The van der Waals surface area contributed by atoms with Crippen LogP contribution in [0.4, 0.5) is 4.79 Å². The monoisotopic (exact) mass is 466 g/mol. The number of nitrogens with one attached hydrogen (secondary N) is 3. The van der Waals surface area contributed by atoms with Gasteiger partial charge in [-0.2, -0.15) is 0 Å². The molecule has 3 fully saturated rings. The zero-order chi connectivity index (χ0) is 23.6. The Hall–Kier alpha value is -3.54. The van der Waals surface area contributed by atoms with Crippen LogP contribution in [0.25, 0.3) is 16.8 Å². The number of nitrogens with zero attached hydrogens (tertiary/aromatic N) is 5. The molecule has 3 aromatic heterocycles. The van der Waals surface area contributed by atoms with Crippen LogP contribution in [0.3, 0.4) is 0 Å². The fourth-order valence-electron chi connectivity index (χ4n) is 6.43. The molecule has 34 heavy (non-hydrogen) atoms. The van der Waals surface area contributed by atoms with Crippen molar-refractivity contribution in [3.05, 3.63) is 24.3 Å². The SMILES string of the molecule is CC[C@@H]1C[C@H](N2CCC(C3NC(=O)NC3=O)[C@H]2C(=O)O)C[C@@H]1c1nnc2cnc3[nH]ccc3n12. The van der Waals surface area contributed by atoms with Gasteiger partial charge in [0.25, 0.3) is 5.91 Å². The van der Waals surface area contributed by atoms with Crippen molar-refractivity contribution in [2.75, 3.05) is 6.54 Å². The lowest BCUT2D eigenvalue weighted by Gasteiger charge is -2.31. The molecule has 6 atom stereocenters. The van der Waals surface area contributed by atoms with Crippen molar-refractivity contribution < 1.29 is 19.5 Å². The third kappa shape index (κ3) is 3.08. The molecular formula is C22H26N8O4. The van der Waals surface area contributed by atoms with E-state index in [4.69, 9.17) is 0 Å². The number of aromatic nitrogens is 5. The molecule has 2 saturated heterocycles. The average Bonchev–Trinajstić information content (AvgIpc) is 3.60. The molecule has 1 saturated carbocycles.